The van der Waals surface area contributed by atoms with Gasteiger partial charge in [-0.1, -0.05) is 6.07 Å². The Morgan fingerprint density at radius 2 is 2.10 bits per heavy atom. The lowest BCUT2D eigenvalue weighted by Crippen LogP contribution is -2.12. The van der Waals surface area contributed by atoms with Crippen molar-refractivity contribution < 1.29 is 4.92 Å². The minimum absolute atomic E-state index is 0.0203. The Labute approximate surface area is 113 Å². The molecule has 0 atom stereocenters. The summed E-state index contributed by atoms with van der Waals surface area (Å²) in [5.41, 5.74) is 2.68. The van der Waals surface area contributed by atoms with Gasteiger partial charge in [-0.3, -0.25) is 10.1 Å². The molecule has 0 aliphatic rings. The fraction of sp³-hybridized carbons (Fsp3) is 0. The largest absolute Gasteiger partial charge is 0.354 e. The molecule has 1 heterocycles. The zero-order valence-electron chi connectivity index (χ0n) is 10.1. The topological polar surface area (TPSA) is 143 Å². The third kappa shape index (κ3) is 2.60. The smallest absolute Gasteiger partial charge is 0.334 e. The predicted molar refractivity (Wildman–Crippen MR) is 70.9 cm³/mol. The number of nitro groups is 1. The van der Waals surface area contributed by atoms with Crippen molar-refractivity contribution in [3.63, 3.8) is 0 Å². The lowest BCUT2D eigenvalue weighted by molar-refractivity contribution is -0.383. The van der Waals surface area contributed by atoms with Crippen LogP contribution in [0.25, 0.3) is 0 Å². The van der Waals surface area contributed by atoms with Gasteiger partial charge in [-0.25, -0.2) is 15.8 Å². The van der Waals surface area contributed by atoms with E-state index >= 15 is 0 Å². The van der Waals surface area contributed by atoms with E-state index < -0.39 is 4.92 Å². The summed E-state index contributed by atoms with van der Waals surface area (Å²) in [6.45, 7) is 0. The molecule has 0 fully saturated rings. The molecule has 0 aliphatic heterocycles. The summed E-state index contributed by atoms with van der Waals surface area (Å²) in [6, 6.07) is 8.44. The number of hydrogen-bond acceptors (Lipinski definition) is 8. The molecule has 1 aromatic heterocycles. The molecule has 100 valence electrons. The maximum Gasteiger partial charge on any atom is 0.354 e. The molecule has 0 unspecified atom stereocenters. The molecule has 0 spiro atoms. The number of benzene rings is 1. The Hall–Kier alpha value is -3.25. The Balaban J connectivity index is 2.43. The normalized spacial score (nSPS) is 9.60. The summed E-state index contributed by atoms with van der Waals surface area (Å²) in [5.74, 6) is 5.05. The van der Waals surface area contributed by atoms with Crippen molar-refractivity contribution in [3.8, 4) is 6.07 Å². The van der Waals surface area contributed by atoms with Gasteiger partial charge in [-0.15, -0.1) is 0 Å². The SMILES string of the molecule is N#Cc1cccc(Nc2ncnc(NN)c2[N+](=O)[O-])c1. The van der Waals surface area contributed by atoms with Gasteiger partial charge >= 0.3 is 5.69 Å². The van der Waals surface area contributed by atoms with Crippen molar-refractivity contribution in [2.24, 2.45) is 5.84 Å². The van der Waals surface area contributed by atoms with Gasteiger partial charge in [-0.05, 0) is 18.2 Å². The number of anilines is 3. The Morgan fingerprint density at radius 3 is 2.75 bits per heavy atom. The van der Waals surface area contributed by atoms with E-state index in [9.17, 15) is 10.1 Å². The highest BCUT2D eigenvalue weighted by molar-refractivity contribution is 5.73. The van der Waals surface area contributed by atoms with E-state index in [2.05, 4.69) is 20.7 Å². The van der Waals surface area contributed by atoms with Crippen molar-refractivity contribution in [1.29, 1.82) is 5.26 Å². The van der Waals surface area contributed by atoms with Crippen molar-refractivity contribution in [3.05, 3.63) is 46.3 Å². The van der Waals surface area contributed by atoms with E-state index in [0.29, 0.717) is 11.3 Å². The van der Waals surface area contributed by atoms with E-state index in [1.807, 2.05) is 6.07 Å². The Morgan fingerprint density at radius 1 is 1.35 bits per heavy atom. The van der Waals surface area contributed by atoms with Crippen molar-refractivity contribution in [2.45, 2.75) is 0 Å². The van der Waals surface area contributed by atoms with Crippen LogP contribution in [0.5, 0.6) is 0 Å². The maximum absolute atomic E-state index is 11.1. The average molecular weight is 271 g/mol. The number of nitrogens with zero attached hydrogens (tertiary/aromatic N) is 4. The fourth-order valence-corrected chi connectivity index (χ4v) is 1.55. The van der Waals surface area contributed by atoms with E-state index in [1.54, 1.807) is 24.3 Å². The van der Waals surface area contributed by atoms with Crippen molar-refractivity contribution in [2.75, 3.05) is 10.7 Å². The van der Waals surface area contributed by atoms with Gasteiger partial charge in [0.2, 0.25) is 11.6 Å². The van der Waals surface area contributed by atoms with Crippen LogP contribution in [0.15, 0.2) is 30.6 Å². The second-order valence-electron chi connectivity index (χ2n) is 3.64. The van der Waals surface area contributed by atoms with Gasteiger partial charge < -0.3 is 10.7 Å². The first kappa shape index (κ1) is 13.2. The third-order valence-electron chi connectivity index (χ3n) is 2.40. The van der Waals surface area contributed by atoms with Gasteiger partial charge in [0.15, 0.2) is 0 Å². The fourth-order valence-electron chi connectivity index (χ4n) is 1.55. The van der Waals surface area contributed by atoms with Gasteiger partial charge in [-0.2, -0.15) is 5.26 Å². The maximum atomic E-state index is 11.1. The minimum atomic E-state index is -0.647. The average Bonchev–Trinajstić information content (AvgIpc) is 2.46. The summed E-state index contributed by atoms with van der Waals surface area (Å²) in [6.07, 6.45) is 1.14. The molecule has 9 nitrogen and oxygen atoms in total. The molecule has 0 bridgehead atoms. The molecule has 20 heavy (non-hydrogen) atoms. The molecule has 2 rings (SSSR count). The lowest BCUT2D eigenvalue weighted by Gasteiger charge is -2.08. The first-order chi connectivity index (χ1) is 9.65. The Bertz CT molecular complexity index is 695. The first-order valence-electron chi connectivity index (χ1n) is 5.39. The summed E-state index contributed by atoms with van der Waals surface area (Å²) in [5, 5.41) is 22.6. The number of hydrogen-bond donors (Lipinski definition) is 3. The van der Waals surface area contributed by atoms with E-state index in [-0.39, 0.29) is 17.3 Å². The van der Waals surface area contributed by atoms with Gasteiger partial charge in [0.25, 0.3) is 0 Å². The molecular formula is C11H9N7O2. The van der Waals surface area contributed by atoms with Gasteiger partial charge in [0.05, 0.1) is 16.6 Å². The minimum Gasteiger partial charge on any atom is -0.334 e. The highest BCUT2D eigenvalue weighted by atomic mass is 16.6. The summed E-state index contributed by atoms with van der Waals surface area (Å²) in [7, 11) is 0. The number of nitriles is 1. The summed E-state index contributed by atoms with van der Waals surface area (Å²) < 4.78 is 0. The zero-order valence-corrected chi connectivity index (χ0v) is 10.1. The molecule has 0 saturated carbocycles. The number of aromatic nitrogens is 2. The summed E-state index contributed by atoms with van der Waals surface area (Å²) >= 11 is 0. The number of rotatable bonds is 4. The van der Waals surface area contributed by atoms with Crippen LogP contribution in [-0.2, 0) is 0 Å². The van der Waals surface area contributed by atoms with E-state index in [0.717, 1.165) is 6.33 Å². The molecule has 2 aromatic rings. The van der Waals surface area contributed by atoms with Crippen LogP contribution in [0.4, 0.5) is 23.0 Å². The number of hydrazine groups is 1. The van der Waals surface area contributed by atoms with Crippen LogP contribution >= 0.6 is 0 Å². The molecule has 0 radical (unpaired) electrons. The molecule has 0 amide bonds. The lowest BCUT2D eigenvalue weighted by atomic mass is 10.2. The standard InChI is InChI=1S/C11H9N7O2/c12-5-7-2-1-3-8(4-7)16-10-9(18(19)20)11(17-13)15-6-14-10/h1-4,6H,13H2,(H2,14,15,16,17). The van der Waals surface area contributed by atoms with Crippen LogP contribution in [0.2, 0.25) is 0 Å². The molecule has 4 N–H and O–H groups in total. The third-order valence-corrected chi connectivity index (χ3v) is 2.40. The van der Waals surface area contributed by atoms with E-state index in [1.165, 1.54) is 0 Å². The molecular weight excluding hydrogens is 262 g/mol. The van der Waals surface area contributed by atoms with Crippen LogP contribution in [-0.4, -0.2) is 14.9 Å². The second kappa shape index (κ2) is 5.59. The zero-order chi connectivity index (χ0) is 14.5. The second-order valence-corrected chi connectivity index (χ2v) is 3.64. The van der Waals surface area contributed by atoms with Crippen molar-refractivity contribution >= 4 is 23.0 Å². The first-order valence-corrected chi connectivity index (χ1v) is 5.39. The number of nitrogens with one attached hydrogen (secondary N) is 2. The number of nitrogen functional groups attached to an aromatic ring is 1. The molecule has 0 aliphatic carbocycles. The molecule has 1 aromatic carbocycles. The molecule has 9 heteroatoms. The van der Waals surface area contributed by atoms with E-state index in [4.69, 9.17) is 11.1 Å². The monoisotopic (exact) mass is 271 g/mol. The van der Waals surface area contributed by atoms with Crippen LogP contribution in [0.1, 0.15) is 5.56 Å². The van der Waals surface area contributed by atoms with Gasteiger partial charge in [0, 0.05) is 5.69 Å². The molecule has 0 saturated heterocycles. The highest BCUT2D eigenvalue weighted by Gasteiger charge is 2.22. The van der Waals surface area contributed by atoms with Crippen molar-refractivity contribution in [1.82, 2.24) is 9.97 Å². The van der Waals surface area contributed by atoms with Crippen LogP contribution in [0, 0.1) is 21.4 Å². The predicted octanol–water partition coefficient (Wildman–Crippen LogP) is 1.29. The Kier molecular flexibility index (Phi) is 3.69. The summed E-state index contributed by atoms with van der Waals surface area (Å²) in [4.78, 5) is 17.9. The number of nitrogens with two attached hydrogens (primary N) is 1. The quantitative estimate of drug-likeness (QED) is 0.428. The van der Waals surface area contributed by atoms with Gasteiger partial charge in [0.1, 0.15) is 6.33 Å². The highest BCUT2D eigenvalue weighted by Crippen LogP contribution is 2.30. The van der Waals surface area contributed by atoms with Crippen LogP contribution < -0.4 is 16.6 Å². The van der Waals surface area contributed by atoms with Crippen LogP contribution in [0.3, 0.4) is 0 Å².